The van der Waals surface area contributed by atoms with Crippen LogP contribution in [0.3, 0.4) is 0 Å². The summed E-state index contributed by atoms with van der Waals surface area (Å²) in [7, 11) is 0. The van der Waals surface area contributed by atoms with Crippen molar-refractivity contribution in [3.8, 4) is 0 Å². The van der Waals surface area contributed by atoms with E-state index < -0.39 is 0 Å². The Bertz CT molecular complexity index is 557. The summed E-state index contributed by atoms with van der Waals surface area (Å²) in [5.74, 6) is -0.00587. The average Bonchev–Trinajstić information content (AvgIpc) is 2.60. The van der Waals surface area contributed by atoms with Crippen molar-refractivity contribution in [2.75, 3.05) is 12.3 Å². The van der Waals surface area contributed by atoms with Crippen molar-refractivity contribution < 1.29 is 4.79 Å². The second-order valence-electron chi connectivity index (χ2n) is 4.32. The minimum atomic E-state index is -0.00587. The Kier molecular flexibility index (Phi) is 3.04. The molecule has 0 radical (unpaired) electrons. The highest BCUT2D eigenvalue weighted by atomic mass is 16.1. The fourth-order valence-electron chi connectivity index (χ4n) is 2.09. The van der Waals surface area contributed by atoms with Gasteiger partial charge in [-0.05, 0) is 36.6 Å². The summed E-state index contributed by atoms with van der Waals surface area (Å²) in [5.41, 5.74) is 10.2. The fraction of sp³-hybridized carbons (Fsp3) is 0.308. The lowest BCUT2D eigenvalue weighted by molar-refractivity contribution is -0.118. The molecule has 0 saturated heterocycles. The molecule has 2 rings (SSSR count). The first-order valence-corrected chi connectivity index (χ1v) is 5.68. The smallest absolute Gasteiger partial charge is 0.216 e. The van der Waals surface area contributed by atoms with Gasteiger partial charge in [0.25, 0.3) is 0 Å². The van der Waals surface area contributed by atoms with Gasteiger partial charge >= 0.3 is 0 Å². The van der Waals surface area contributed by atoms with E-state index in [0.29, 0.717) is 6.54 Å². The number of aromatic amines is 1. The third-order valence-electron chi connectivity index (χ3n) is 2.80. The van der Waals surface area contributed by atoms with Crippen LogP contribution in [0, 0.1) is 6.92 Å². The monoisotopic (exact) mass is 231 g/mol. The topological polar surface area (TPSA) is 70.9 Å². The van der Waals surface area contributed by atoms with Crippen LogP contribution in [0.1, 0.15) is 18.1 Å². The second-order valence-corrected chi connectivity index (χ2v) is 4.32. The molecule has 1 aromatic heterocycles. The summed E-state index contributed by atoms with van der Waals surface area (Å²) in [4.78, 5) is 14.0. The maximum Gasteiger partial charge on any atom is 0.216 e. The molecule has 0 aliphatic rings. The van der Waals surface area contributed by atoms with E-state index in [1.54, 1.807) is 0 Å². The van der Waals surface area contributed by atoms with Crippen LogP contribution < -0.4 is 11.1 Å². The summed E-state index contributed by atoms with van der Waals surface area (Å²) in [6.45, 7) is 4.18. The number of aromatic nitrogens is 1. The number of nitrogens with one attached hydrogen (secondary N) is 2. The summed E-state index contributed by atoms with van der Waals surface area (Å²) in [6.07, 6.45) is 2.75. The molecule has 4 heteroatoms. The highest BCUT2D eigenvalue weighted by Gasteiger charge is 2.07. The predicted octanol–water partition coefficient (Wildman–Crippen LogP) is 1.74. The number of amides is 1. The van der Waals surface area contributed by atoms with Gasteiger partial charge in [0.1, 0.15) is 0 Å². The Morgan fingerprint density at radius 3 is 2.94 bits per heavy atom. The van der Waals surface area contributed by atoms with E-state index in [4.69, 9.17) is 5.73 Å². The molecule has 17 heavy (non-hydrogen) atoms. The van der Waals surface area contributed by atoms with Gasteiger partial charge in [0.2, 0.25) is 5.91 Å². The lowest BCUT2D eigenvalue weighted by atomic mass is 10.1. The quantitative estimate of drug-likeness (QED) is 0.704. The van der Waals surface area contributed by atoms with Crippen LogP contribution in [0.5, 0.6) is 0 Å². The van der Waals surface area contributed by atoms with Gasteiger partial charge in [-0.1, -0.05) is 0 Å². The van der Waals surface area contributed by atoms with Crippen LogP contribution in [0.25, 0.3) is 10.9 Å². The standard InChI is InChI=1S/C13H17N3O/c1-8-5-11(14)13-10(3-4-15-9(2)17)7-16-12(13)6-8/h5-7,16H,3-4,14H2,1-2H3,(H,15,17). The van der Waals surface area contributed by atoms with Crippen LogP contribution in [0.2, 0.25) is 0 Å². The van der Waals surface area contributed by atoms with Crippen LogP contribution >= 0.6 is 0 Å². The number of rotatable bonds is 3. The maximum absolute atomic E-state index is 10.8. The van der Waals surface area contributed by atoms with Gasteiger partial charge in [-0.2, -0.15) is 0 Å². The zero-order valence-electron chi connectivity index (χ0n) is 10.1. The molecular formula is C13H17N3O. The third kappa shape index (κ3) is 2.41. The summed E-state index contributed by atoms with van der Waals surface area (Å²) in [6, 6.07) is 4.05. The average molecular weight is 231 g/mol. The number of benzene rings is 1. The minimum absolute atomic E-state index is 0.00587. The minimum Gasteiger partial charge on any atom is -0.398 e. The van der Waals surface area contributed by atoms with Gasteiger partial charge in [-0.3, -0.25) is 4.79 Å². The Labute approximate surface area is 100 Å². The van der Waals surface area contributed by atoms with Crippen LogP contribution in [-0.4, -0.2) is 17.4 Å². The first-order chi connectivity index (χ1) is 8.08. The lowest BCUT2D eigenvalue weighted by Crippen LogP contribution is -2.22. The summed E-state index contributed by atoms with van der Waals surface area (Å²) in [5, 5.41) is 3.86. The number of aryl methyl sites for hydroxylation is 1. The first-order valence-electron chi connectivity index (χ1n) is 5.68. The largest absolute Gasteiger partial charge is 0.398 e. The highest BCUT2D eigenvalue weighted by Crippen LogP contribution is 2.26. The van der Waals surface area contributed by atoms with Crippen molar-refractivity contribution >= 4 is 22.5 Å². The Balaban J connectivity index is 2.26. The first kappa shape index (κ1) is 11.5. The van der Waals surface area contributed by atoms with E-state index in [2.05, 4.69) is 16.4 Å². The zero-order valence-corrected chi connectivity index (χ0v) is 10.1. The number of hydrogen-bond donors (Lipinski definition) is 3. The normalized spacial score (nSPS) is 10.7. The van der Waals surface area contributed by atoms with Gasteiger partial charge in [-0.15, -0.1) is 0 Å². The van der Waals surface area contributed by atoms with E-state index >= 15 is 0 Å². The molecule has 0 saturated carbocycles. The molecule has 1 heterocycles. The predicted molar refractivity (Wildman–Crippen MR) is 69.8 cm³/mol. The number of H-pyrrole nitrogens is 1. The zero-order chi connectivity index (χ0) is 12.4. The molecule has 1 amide bonds. The van der Waals surface area contributed by atoms with E-state index in [0.717, 1.165) is 34.1 Å². The van der Waals surface area contributed by atoms with Crippen molar-refractivity contribution in [1.82, 2.24) is 10.3 Å². The number of anilines is 1. The molecule has 0 spiro atoms. The van der Waals surface area contributed by atoms with Crippen molar-refractivity contribution in [1.29, 1.82) is 0 Å². The Morgan fingerprint density at radius 2 is 2.24 bits per heavy atom. The molecule has 1 aromatic carbocycles. The molecule has 2 aromatic rings. The van der Waals surface area contributed by atoms with Crippen LogP contribution in [-0.2, 0) is 11.2 Å². The number of nitrogens with two attached hydrogens (primary N) is 1. The summed E-state index contributed by atoms with van der Waals surface area (Å²) >= 11 is 0. The fourth-order valence-corrected chi connectivity index (χ4v) is 2.09. The molecule has 0 unspecified atom stereocenters. The highest BCUT2D eigenvalue weighted by molar-refractivity contribution is 5.94. The van der Waals surface area contributed by atoms with Gasteiger partial charge in [0.15, 0.2) is 0 Å². The number of nitrogen functional groups attached to an aromatic ring is 1. The molecule has 4 nitrogen and oxygen atoms in total. The summed E-state index contributed by atoms with van der Waals surface area (Å²) < 4.78 is 0. The van der Waals surface area contributed by atoms with Gasteiger partial charge in [-0.25, -0.2) is 0 Å². The van der Waals surface area contributed by atoms with Crippen molar-refractivity contribution in [2.24, 2.45) is 0 Å². The van der Waals surface area contributed by atoms with E-state index in [-0.39, 0.29) is 5.91 Å². The maximum atomic E-state index is 10.8. The van der Waals surface area contributed by atoms with E-state index in [9.17, 15) is 4.79 Å². The second kappa shape index (κ2) is 4.49. The molecule has 0 bridgehead atoms. The Morgan fingerprint density at radius 1 is 1.47 bits per heavy atom. The van der Waals surface area contributed by atoms with Crippen molar-refractivity contribution in [3.63, 3.8) is 0 Å². The number of hydrogen-bond acceptors (Lipinski definition) is 2. The van der Waals surface area contributed by atoms with Crippen LogP contribution in [0.15, 0.2) is 18.3 Å². The van der Waals surface area contributed by atoms with Gasteiger partial charge < -0.3 is 16.0 Å². The number of carbonyl (C=O) groups is 1. The van der Waals surface area contributed by atoms with Crippen molar-refractivity contribution in [2.45, 2.75) is 20.3 Å². The molecule has 0 aliphatic carbocycles. The molecule has 0 atom stereocenters. The van der Waals surface area contributed by atoms with Gasteiger partial charge in [0, 0.05) is 36.3 Å². The third-order valence-corrected chi connectivity index (χ3v) is 2.80. The lowest BCUT2D eigenvalue weighted by Gasteiger charge is -2.04. The molecule has 0 aliphatic heterocycles. The van der Waals surface area contributed by atoms with Crippen molar-refractivity contribution in [3.05, 3.63) is 29.5 Å². The molecular weight excluding hydrogens is 214 g/mol. The van der Waals surface area contributed by atoms with Crippen LogP contribution in [0.4, 0.5) is 5.69 Å². The Hall–Kier alpha value is -1.97. The van der Waals surface area contributed by atoms with E-state index in [1.165, 1.54) is 6.92 Å². The number of carbonyl (C=O) groups excluding carboxylic acids is 1. The molecule has 0 fully saturated rings. The number of fused-ring (bicyclic) bond motifs is 1. The molecule has 90 valence electrons. The van der Waals surface area contributed by atoms with Gasteiger partial charge in [0.05, 0.1) is 0 Å². The SMILES string of the molecule is CC(=O)NCCc1c[nH]c2cc(C)cc(N)c12. The van der Waals surface area contributed by atoms with E-state index in [1.807, 2.05) is 19.2 Å². The molecule has 4 N–H and O–H groups in total.